The molecule has 0 spiro atoms. The first-order valence-corrected chi connectivity index (χ1v) is 11.0. The van der Waals surface area contributed by atoms with Gasteiger partial charge in [-0.15, -0.1) is 0 Å². The number of aliphatic hydroxyl groups excluding tert-OH is 1. The molecule has 168 valence electrons. The summed E-state index contributed by atoms with van der Waals surface area (Å²) in [6, 6.07) is 13.3. The minimum atomic E-state index is -0.987. The number of nitrogens with zero attached hydrogens (tertiary/aromatic N) is 1. The molecule has 0 bridgehead atoms. The zero-order chi connectivity index (χ0) is 24.0. The Morgan fingerprint density at radius 1 is 0.848 bits per heavy atom. The number of hydrogen-bond acceptors (Lipinski definition) is 4. The highest BCUT2D eigenvalue weighted by molar-refractivity contribution is 6.52. The molecule has 0 aromatic heterocycles. The van der Waals surface area contributed by atoms with Crippen molar-refractivity contribution in [1.29, 1.82) is 0 Å². The standard InChI is InChI=1S/C25H18Cl3NO4/c1-12-7-13(2)9-16(8-12)29-22(14-4-6-20(30)19(28)10-14)21(24(32)25(29)33)23(31)15-3-5-17(26)18(27)11-15/h3-11,22,30-31H,1-2H3/b23-21-. The molecule has 1 aliphatic heterocycles. The molecule has 3 aromatic carbocycles. The van der Waals surface area contributed by atoms with Gasteiger partial charge in [-0.25, -0.2) is 0 Å². The number of aryl methyl sites for hydroxylation is 2. The second kappa shape index (κ2) is 8.75. The number of ketones is 1. The predicted molar refractivity (Wildman–Crippen MR) is 130 cm³/mol. The number of benzene rings is 3. The second-order valence-electron chi connectivity index (χ2n) is 7.85. The van der Waals surface area contributed by atoms with Crippen molar-refractivity contribution in [3.63, 3.8) is 0 Å². The van der Waals surface area contributed by atoms with Gasteiger partial charge in [0.05, 0.1) is 26.7 Å². The number of phenols is 1. The van der Waals surface area contributed by atoms with Gasteiger partial charge in [-0.2, -0.15) is 0 Å². The number of carbonyl (C=O) groups is 2. The van der Waals surface area contributed by atoms with Crippen molar-refractivity contribution in [1.82, 2.24) is 0 Å². The van der Waals surface area contributed by atoms with Gasteiger partial charge >= 0.3 is 0 Å². The normalized spacial score (nSPS) is 17.6. The number of hydrogen-bond donors (Lipinski definition) is 2. The van der Waals surface area contributed by atoms with Crippen molar-refractivity contribution in [3.8, 4) is 5.75 Å². The molecule has 33 heavy (non-hydrogen) atoms. The molecule has 1 fully saturated rings. The summed E-state index contributed by atoms with van der Waals surface area (Å²) in [7, 11) is 0. The van der Waals surface area contributed by atoms with Crippen molar-refractivity contribution in [2.45, 2.75) is 19.9 Å². The number of aliphatic hydroxyl groups is 1. The molecule has 0 radical (unpaired) electrons. The fourth-order valence-electron chi connectivity index (χ4n) is 4.00. The van der Waals surface area contributed by atoms with Gasteiger partial charge in [-0.05, 0) is 73.0 Å². The van der Waals surface area contributed by atoms with Crippen LogP contribution >= 0.6 is 34.8 Å². The highest BCUT2D eigenvalue weighted by Gasteiger charge is 2.47. The Morgan fingerprint density at radius 2 is 1.52 bits per heavy atom. The molecule has 1 atom stereocenters. The minimum Gasteiger partial charge on any atom is -0.507 e. The highest BCUT2D eigenvalue weighted by Crippen LogP contribution is 2.44. The fourth-order valence-corrected chi connectivity index (χ4v) is 4.48. The number of amides is 1. The van der Waals surface area contributed by atoms with Crippen LogP contribution in [0.4, 0.5) is 5.69 Å². The Morgan fingerprint density at radius 3 is 2.12 bits per heavy atom. The maximum atomic E-state index is 13.2. The minimum absolute atomic E-state index is 0.0491. The van der Waals surface area contributed by atoms with Crippen LogP contribution in [0.15, 0.2) is 60.2 Å². The largest absolute Gasteiger partial charge is 0.507 e. The molecule has 1 amide bonds. The molecular formula is C25H18Cl3NO4. The van der Waals surface area contributed by atoms with Gasteiger partial charge in [0, 0.05) is 11.3 Å². The van der Waals surface area contributed by atoms with E-state index in [2.05, 4.69) is 0 Å². The van der Waals surface area contributed by atoms with Crippen LogP contribution in [-0.4, -0.2) is 21.9 Å². The summed E-state index contributed by atoms with van der Waals surface area (Å²) >= 11 is 18.2. The van der Waals surface area contributed by atoms with Gasteiger partial charge in [0.25, 0.3) is 11.7 Å². The van der Waals surface area contributed by atoms with E-state index in [1.807, 2.05) is 19.9 Å². The summed E-state index contributed by atoms with van der Waals surface area (Å²) in [5, 5.41) is 21.6. The van der Waals surface area contributed by atoms with E-state index in [0.29, 0.717) is 11.3 Å². The van der Waals surface area contributed by atoms with E-state index in [0.717, 1.165) is 11.1 Å². The Bertz CT molecular complexity index is 1330. The summed E-state index contributed by atoms with van der Waals surface area (Å²) in [5.74, 6) is -2.19. The SMILES string of the molecule is Cc1cc(C)cc(N2C(=O)C(=O)/C(=C(\O)c3ccc(Cl)c(Cl)c3)C2c2ccc(O)c(Cl)c2)c1. The monoisotopic (exact) mass is 501 g/mol. The molecule has 1 aliphatic rings. The summed E-state index contributed by atoms with van der Waals surface area (Å²) in [6.07, 6.45) is 0. The Labute approximate surface area is 205 Å². The summed E-state index contributed by atoms with van der Waals surface area (Å²) in [6.45, 7) is 3.77. The first kappa shape index (κ1) is 23.2. The molecule has 1 heterocycles. The van der Waals surface area contributed by atoms with Gasteiger partial charge in [-0.1, -0.05) is 46.9 Å². The van der Waals surface area contributed by atoms with Crippen LogP contribution in [0.5, 0.6) is 5.75 Å². The van der Waals surface area contributed by atoms with Crippen LogP contribution < -0.4 is 4.90 Å². The average molecular weight is 503 g/mol. The molecule has 5 nitrogen and oxygen atoms in total. The van der Waals surface area contributed by atoms with E-state index in [-0.39, 0.29) is 32.0 Å². The zero-order valence-corrected chi connectivity index (χ0v) is 19.8. The highest BCUT2D eigenvalue weighted by atomic mass is 35.5. The number of carbonyl (C=O) groups excluding carboxylic acids is 2. The van der Waals surface area contributed by atoms with Crippen molar-refractivity contribution >= 4 is 57.9 Å². The molecule has 3 aromatic rings. The summed E-state index contributed by atoms with van der Waals surface area (Å²) < 4.78 is 0. The third-order valence-electron chi connectivity index (χ3n) is 5.41. The average Bonchev–Trinajstić information content (AvgIpc) is 3.01. The first-order valence-electron chi connectivity index (χ1n) is 9.91. The number of Topliss-reactive ketones (excluding diaryl/α,β-unsaturated/α-hetero) is 1. The Kier molecular flexibility index (Phi) is 6.14. The summed E-state index contributed by atoms with van der Waals surface area (Å²) in [4.78, 5) is 27.8. The van der Waals surface area contributed by atoms with Crippen molar-refractivity contribution < 1.29 is 19.8 Å². The molecule has 8 heteroatoms. The molecular weight excluding hydrogens is 485 g/mol. The van der Waals surface area contributed by atoms with E-state index in [9.17, 15) is 19.8 Å². The van der Waals surface area contributed by atoms with Crippen molar-refractivity contribution in [2.75, 3.05) is 4.90 Å². The van der Waals surface area contributed by atoms with Crippen molar-refractivity contribution in [2.24, 2.45) is 0 Å². The molecule has 0 aliphatic carbocycles. The quantitative estimate of drug-likeness (QED) is 0.240. The number of anilines is 1. The van der Waals surface area contributed by atoms with Crippen LogP contribution in [0.25, 0.3) is 5.76 Å². The maximum Gasteiger partial charge on any atom is 0.300 e. The third-order valence-corrected chi connectivity index (χ3v) is 6.45. The van der Waals surface area contributed by atoms with Gasteiger partial charge in [0.15, 0.2) is 0 Å². The van der Waals surface area contributed by atoms with Gasteiger partial charge < -0.3 is 10.2 Å². The third kappa shape index (κ3) is 4.20. The number of rotatable bonds is 3. The Balaban J connectivity index is 2.00. The van der Waals surface area contributed by atoms with Crippen LogP contribution in [0.2, 0.25) is 15.1 Å². The van der Waals surface area contributed by atoms with Gasteiger partial charge in [0.2, 0.25) is 0 Å². The van der Waals surface area contributed by atoms with E-state index in [4.69, 9.17) is 34.8 Å². The second-order valence-corrected chi connectivity index (χ2v) is 9.08. The van der Waals surface area contributed by atoms with Crippen LogP contribution in [0.1, 0.15) is 28.3 Å². The van der Waals surface area contributed by atoms with E-state index in [1.54, 1.807) is 18.2 Å². The molecule has 1 unspecified atom stereocenters. The lowest BCUT2D eigenvalue weighted by Crippen LogP contribution is -2.29. The molecule has 0 saturated carbocycles. The van der Waals surface area contributed by atoms with E-state index < -0.39 is 23.5 Å². The van der Waals surface area contributed by atoms with E-state index >= 15 is 0 Å². The number of halogens is 3. The Hall–Kier alpha value is -2.99. The van der Waals surface area contributed by atoms with Crippen LogP contribution in [-0.2, 0) is 9.59 Å². The van der Waals surface area contributed by atoms with Crippen LogP contribution in [0.3, 0.4) is 0 Å². The van der Waals surface area contributed by atoms with Gasteiger partial charge in [-0.3, -0.25) is 14.5 Å². The number of aromatic hydroxyl groups is 1. The van der Waals surface area contributed by atoms with Gasteiger partial charge in [0.1, 0.15) is 11.5 Å². The maximum absolute atomic E-state index is 13.2. The lowest BCUT2D eigenvalue weighted by molar-refractivity contribution is -0.132. The van der Waals surface area contributed by atoms with E-state index in [1.165, 1.54) is 35.2 Å². The first-order chi connectivity index (χ1) is 15.6. The van der Waals surface area contributed by atoms with Crippen LogP contribution in [0, 0.1) is 13.8 Å². The zero-order valence-electron chi connectivity index (χ0n) is 17.6. The number of phenolic OH excluding ortho intramolecular Hbond substituents is 1. The fraction of sp³-hybridized carbons (Fsp3) is 0.120. The smallest absolute Gasteiger partial charge is 0.300 e. The lowest BCUT2D eigenvalue weighted by Gasteiger charge is -2.26. The topological polar surface area (TPSA) is 77.8 Å². The molecule has 2 N–H and O–H groups in total. The summed E-state index contributed by atoms with van der Waals surface area (Å²) in [5.41, 5.74) is 2.85. The lowest BCUT2D eigenvalue weighted by atomic mass is 9.95. The predicted octanol–water partition coefficient (Wildman–Crippen LogP) is 6.60. The molecule has 1 saturated heterocycles. The molecule has 4 rings (SSSR count). The van der Waals surface area contributed by atoms with Crippen molar-refractivity contribution in [3.05, 3.63) is 97.5 Å².